The summed E-state index contributed by atoms with van der Waals surface area (Å²) in [5.74, 6) is -0.336. The van der Waals surface area contributed by atoms with Gasteiger partial charge >= 0.3 is 0 Å². The molecule has 3 rings (SSSR count). The molecule has 0 fully saturated rings. The number of rotatable bonds is 5. The Bertz CT molecular complexity index is 980. The summed E-state index contributed by atoms with van der Waals surface area (Å²) in [5, 5.41) is 6.55. The number of nitrogens with one attached hydrogen (secondary N) is 2. The predicted molar refractivity (Wildman–Crippen MR) is 89.5 cm³/mol. The Morgan fingerprint density at radius 2 is 1.88 bits per heavy atom. The van der Waals surface area contributed by atoms with Crippen LogP contribution in [0.25, 0.3) is 11.3 Å². The third-order valence-electron chi connectivity index (χ3n) is 3.64. The summed E-state index contributed by atoms with van der Waals surface area (Å²) < 4.78 is 40.4. The molecule has 9 heteroatoms. The lowest BCUT2D eigenvalue weighted by molar-refractivity contribution is 0.579. The summed E-state index contributed by atoms with van der Waals surface area (Å²) in [7, 11) is -3.71. The van der Waals surface area contributed by atoms with E-state index in [2.05, 4.69) is 24.9 Å². The van der Waals surface area contributed by atoms with Crippen molar-refractivity contribution in [3.05, 3.63) is 59.6 Å². The van der Waals surface area contributed by atoms with E-state index in [-0.39, 0.29) is 17.3 Å². The lowest BCUT2D eigenvalue weighted by Crippen LogP contribution is -2.24. The molecule has 1 aromatic carbocycles. The number of H-pyrrole nitrogens is 1. The lowest BCUT2D eigenvalue weighted by Gasteiger charge is -2.07. The van der Waals surface area contributed by atoms with Crippen molar-refractivity contribution in [3.8, 4) is 11.3 Å². The van der Waals surface area contributed by atoms with E-state index in [1.54, 1.807) is 32.0 Å². The molecular formula is C16H16FN5O2S. The monoisotopic (exact) mass is 361 g/mol. The number of benzene rings is 1. The maximum atomic E-state index is 13.0. The molecule has 2 heterocycles. The van der Waals surface area contributed by atoms with Gasteiger partial charge in [-0.25, -0.2) is 27.5 Å². The second-order valence-corrected chi connectivity index (χ2v) is 7.19. The van der Waals surface area contributed by atoms with Crippen molar-refractivity contribution >= 4 is 10.0 Å². The number of halogens is 1. The van der Waals surface area contributed by atoms with E-state index in [4.69, 9.17) is 0 Å². The van der Waals surface area contributed by atoms with Gasteiger partial charge in [0.1, 0.15) is 17.0 Å². The Labute approximate surface area is 144 Å². The van der Waals surface area contributed by atoms with Crippen molar-refractivity contribution in [2.24, 2.45) is 0 Å². The zero-order valence-electron chi connectivity index (χ0n) is 13.6. The number of aromatic nitrogens is 4. The Morgan fingerprint density at radius 3 is 2.52 bits per heavy atom. The first kappa shape index (κ1) is 17.2. The molecule has 0 unspecified atom stereocenters. The van der Waals surface area contributed by atoms with Crippen LogP contribution < -0.4 is 4.72 Å². The molecule has 2 N–H and O–H groups in total. The molecule has 25 heavy (non-hydrogen) atoms. The van der Waals surface area contributed by atoms with Gasteiger partial charge in [-0.05, 0) is 44.2 Å². The van der Waals surface area contributed by atoms with Crippen molar-refractivity contribution in [2.45, 2.75) is 25.3 Å². The van der Waals surface area contributed by atoms with E-state index < -0.39 is 10.0 Å². The fraction of sp³-hybridized carbons (Fsp3) is 0.188. The minimum atomic E-state index is -3.71. The standard InChI is InChI=1S/C16H16FN5O2S/c1-10-16(11(2)22-21-10)25(23,24)20-8-14-7-15(19-9-18-14)12-3-5-13(17)6-4-12/h3-7,9,20H,8H2,1-2H3,(H,21,22). The molecule has 3 aromatic rings. The zero-order chi connectivity index (χ0) is 18.0. The molecule has 0 aliphatic heterocycles. The molecule has 0 saturated heterocycles. The van der Waals surface area contributed by atoms with Crippen LogP contribution in [-0.2, 0) is 16.6 Å². The number of sulfonamides is 1. The predicted octanol–water partition coefficient (Wildman–Crippen LogP) is 2.10. The molecule has 0 atom stereocenters. The van der Waals surface area contributed by atoms with E-state index in [1.165, 1.54) is 18.5 Å². The minimum Gasteiger partial charge on any atom is -0.281 e. The van der Waals surface area contributed by atoms with Gasteiger partial charge in [-0.2, -0.15) is 5.10 Å². The van der Waals surface area contributed by atoms with Gasteiger partial charge in [-0.15, -0.1) is 0 Å². The van der Waals surface area contributed by atoms with Crippen LogP contribution in [0.3, 0.4) is 0 Å². The van der Waals surface area contributed by atoms with Crippen molar-refractivity contribution in [1.29, 1.82) is 0 Å². The van der Waals surface area contributed by atoms with Crippen LogP contribution >= 0.6 is 0 Å². The Kier molecular flexibility index (Phi) is 4.60. The third-order valence-corrected chi connectivity index (χ3v) is 5.30. The second-order valence-electron chi connectivity index (χ2n) is 5.49. The molecule has 0 spiro atoms. The van der Waals surface area contributed by atoms with Crippen LogP contribution in [0.1, 0.15) is 17.1 Å². The fourth-order valence-corrected chi connectivity index (χ4v) is 3.82. The maximum Gasteiger partial charge on any atom is 0.244 e. The summed E-state index contributed by atoms with van der Waals surface area (Å²) in [4.78, 5) is 8.35. The third kappa shape index (κ3) is 3.72. The number of nitrogens with zero attached hydrogens (tertiary/aromatic N) is 3. The maximum absolute atomic E-state index is 13.0. The second kappa shape index (κ2) is 6.69. The van der Waals surface area contributed by atoms with E-state index in [0.717, 1.165) is 5.56 Å². The Morgan fingerprint density at radius 1 is 1.16 bits per heavy atom. The van der Waals surface area contributed by atoms with E-state index in [0.29, 0.717) is 22.8 Å². The van der Waals surface area contributed by atoms with Crippen LogP contribution in [0.5, 0.6) is 0 Å². The average Bonchev–Trinajstić information content (AvgIpc) is 2.93. The number of hydrogen-bond donors (Lipinski definition) is 2. The van der Waals surface area contributed by atoms with Crippen LogP contribution in [0.2, 0.25) is 0 Å². The summed E-state index contributed by atoms with van der Waals surface area (Å²) in [5.41, 5.74) is 2.67. The highest BCUT2D eigenvalue weighted by atomic mass is 32.2. The first-order valence-electron chi connectivity index (χ1n) is 7.45. The largest absolute Gasteiger partial charge is 0.281 e. The van der Waals surface area contributed by atoms with E-state index in [9.17, 15) is 12.8 Å². The van der Waals surface area contributed by atoms with Crippen molar-refractivity contribution in [2.75, 3.05) is 0 Å². The highest BCUT2D eigenvalue weighted by Crippen LogP contribution is 2.19. The molecule has 130 valence electrons. The summed E-state index contributed by atoms with van der Waals surface area (Å²) in [6.45, 7) is 3.27. The zero-order valence-corrected chi connectivity index (χ0v) is 14.4. The van der Waals surface area contributed by atoms with Gasteiger partial charge < -0.3 is 0 Å². The number of aryl methyl sites for hydroxylation is 2. The van der Waals surface area contributed by atoms with Gasteiger partial charge in [-0.3, -0.25) is 5.10 Å². The summed E-state index contributed by atoms with van der Waals surface area (Å²) in [6, 6.07) is 7.53. The van der Waals surface area contributed by atoms with Crippen LogP contribution in [0.15, 0.2) is 41.6 Å². The molecule has 0 aliphatic rings. The minimum absolute atomic E-state index is 0.00308. The Hall–Kier alpha value is -2.65. The van der Waals surface area contributed by atoms with Crippen LogP contribution in [0.4, 0.5) is 4.39 Å². The Balaban J connectivity index is 1.80. The average molecular weight is 361 g/mol. The fourth-order valence-electron chi connectivity index (χ4n) is 2.45. The van der Waals surface area contributed by atoms with Gasteiger partial charge in [-0.1, -0.05) is 0 Å². The summed E-state index contributed by atoms with van der Waals surface area (Å²) in [6.07, 6.45) is 1.34. The highest BCUT2D eigenvalue weighted by molar-refractivity contribution is 7.89. The smallest absolute Gasteiger partial charge is 0.244 e. The molecule has 0 saturated carbocycles. The lowest BCUT2D eigenvalue weighted by atomic mass is 10.1. The van der Waals surface area contributed by atoms with Crippen molar-refractivity contribution < 1.29 is 12.8 Å². The molecule has 0 bridgehead atoms. The molecule has 0 aliphatic carbocycles. The first-order valence-corrected chi connectivity index (χ1v) is 8.93. The SMILES string of the molecule is Cc1n[nH]c(C)c1S(=O)(=O)NCc1cc(-c2ccc(F)cc2)ncn1. The number of aromatic amines is 1. The van der Waals surface area contributed by atoms with Crippen molar-refractivity contribution in [3.63, 3.8) is 0 Å². The highest BCUT2D eigenvalue weighted by Gasteiger charge is 2.22. The van der Waals surface area contributed by atoms with Gasteiger partial charge in [0.05, 0.1) is 29.3 Å². The molecule has 7 nitrogen and oxygen atoms in total. The first-order chi connectivity index (χ1) is 11.9. The van der Waals surface area contributed by atoms with Gasteiger partial charge in [0, 0.05) is 5.56 Å². The van der Waals surface area contributed by atoms with Crippen LogP contribution in [0, 0.1) is 19.7 Å². The van der Waals surface area contributed by atoms with Crippen molar-refractivity contribution in [1.82, 2.24) is 24.9 Å². The van der Waals surface area contributed by atoms with Gasteiger partial charge in [0.25, 0.3) is 0 Å². The number of hydrogen-bond acceptors (Lipinski definition) is 5. The normalized spacial score (nSPS) is 11.6. The quantitative estimate of drug-likeness (QED) is 0.725. The molecule has 0 amide bonds. The van der Waals surface area contributed by atoms with Crippen LogP contribution in [-0.4, -0.2) is 28.6 Å². The van der Waals surface area contributed by atoms with E-state index in [1.807, 2.05) is 0 Å². The molecule has 0 radical (unpaired) electrons. The van der Waals surface area contributed by atoms with Gasteiger partial charge in [0.15, 0.2) is 0 Å². The summed E-state index contributed by atoms with van der Waals surface area (Å²) >= 11 is 0. The molecule has 2 aromatic heterocycles. The topological polar surface area (TPSA) is 101 Å². The molecular weight excluding hydrogens is 345 g/mol. The van der Waals surface area contributed by atoms with E-state index >= 15 is 0 Å². The van der Waals surface area contributed by atoms with Gasteiger partial charge in [0.2, 0.25) is 10.0 Å².